The van der Waals surface area contributed by atoms with Gasteiger partial charge in [-0.1, -0.05) is 60.7 Å². The lowest BCUT2D eigenvalue weighted by Crippen LogP contribution is -2.19. The third-order valence-electron chi connectivity index (χ3n) is 6.54. The average molecular weight is 546 g/mol. The zero-order valence-corrected chi connectivity index (χ0v) is 22.0. The lowest BCUT2D eigenvalue weighted by atomic mass is 10.0. The van der Waals surface area contributed by atoms with E-state index >= 15 is 0 Å². The van der Waals surface area contributed by atoms with Crippen molar-refractivity contribution in [3.8, 4) is 22.6 Å². The normalized spacial score (nSPS) is 11.0. The number of aromatic nitrogens is 2. The van der Waals surface area contributed by atoms with Crippen LogP contribution in [0.15, 0.2) is 112 Å². The van der Waals surface area contributed by atoms with E-state index in [1.54, 1.807) is 6.07 Å². The standard InChI is InChI=1S/C32H27N5O4/c38-19-25-15-16-26(40-25)27-28-30(34-20-35-31(28)41-29(27)22-7-3-1-4-8-22)33-18-17-21-11-13-24(14-12-21)37-32(39)36-23-9-5-2-6-10-23/h1-16,20,38H,17-19H2,(H,33,34,35)(H2,36,37,39). The van der Waals surface area contributed by atoms with Crippen LogP contribution in [0.5, 0.6) is 0 Å². The maximum Gasteiger partial charge on any atom is 0.323 e. The van der Waals surface area contributed by atoms with E-state index in [1.165, 1.54) is 6.33 Å². The van der Waals surface area contributed by atoms with Crippen LogP contribution in [0.2, 0.25) is 0 Å². The first-order valence-electron chi connectivity index (χ1n) is 13.2. The molecule has 0 bridgehead atoms. The number of nitrogens with zero attached hydrogens (tertiary/aromatic N) is 2. The Morgan fingerprint density at radius 2 is 1.49 bits per heavy atom. The van der Waals surface area contributed by atoms with Crippen LogP contribution in [0.25, 0.3) is 33.7 Å². The number of anilines is 3. The highest BCUT2D eigenvalue weighted by molar-refractivity contribution is 6.05. The molecule has 0 atom stereocenters. The molecule has 3 heterocycles. The molecule has 0 aliphatic rings. The minimum Gasteiger partial charge on any atom is -0.458 e. The lowest BCUT2D eigenvalue weighted by Gasteiger charge is -2.10. The molecule has 6 aromatic rings. The van der Waals surface area contributed by atoms with E-state index < -0.39 is 0 Å². The fraction of sp³-hybridized carbons (Fsp3) is 0.0938. The number of aliphatic hydroxyl groups is 1. The smallest absolute Gasteiger partial charge is 0.323 e. The van der Waals surface area contributed by atoms with Crippen LogP contribution < -0.4 is 16.0 Å². The van der Waals surface area contributed by atoms with Crippen molar-refractivity contribution in [1.82, 2.24) is 9.97 Å². The second-order valence-corrected chi connectivity index (χ2v) is 9.32. The summed E-state index contributed by atoms with van der Waals surface area (Å²) in [7, 11) is 0. The van der Waals surface area contributed by atoms with Crippen molar-refractivity contribution in [1.29, 1.82) is 0 Å². The Labute approximate surface area is 235 Å². The molecular formula is C32H27N5O4. The number of fused-ring (bicyclic) bond motifs is 1. The summed E-state index contributed by atoms with van der Waals surface area (Å²) in [6.45, 7) is 0.392. The quantitative estimate of drug-likeness (QED) is 0.155. The molecule has 3 aromatic heterocycles. The highest BCUT2D eigenvalue weighted by atomic mass is 16.4. The van der Waals surface area contributed by atoms with E-state index in [9.17, 15) is 9.90 Å². The molecule has 0 saturated carbocycles. The number of urea groups is 1. The van der Waals surface area contributed by atoms with Crippen LogP contribution in [0.4, 0.5) is 22.0 Å². The molecule has 0 spiro atoms. The predicted molar refractivity (Wildman–Crippen MR) is 159 cm³/mol. The highest BCUT2D eigenvalue weighted by Gasteiger charge is 2.24. The zero-order chi connectivity index (χ0) is 28.0. The third kappa shape index (κ3) is 5.80. The van der Waals surface area contributed by atoms with Crippen molar-refractivity contribution < 1.29 is 18.7 Å². The van der Waals surface area contributed by atoms with Crippen LogP contribution in [-0.4, -0.2) is 27.7 Å². The summed E-state index contributed by atoms with van der Waals surface area (Å²) < 4.78 is 12.1. The third-order valence-corrected chi connectivity index (χ3v) is 6.54. The number of carbonyl (C=O) groups excluding carboxylic acids is 1. The maximum atomic E-state index is 12.3. The van der Waals surface area contributed by atoms with Gasteiger partial charge in [-0.2, -0.15) is 0 Å². The summed E-state index contributed by atoms with van der Waals surface area (Å²) in [6, 6.07) is 30.0. The monoisotopic (exact) mass is 545 g/mol. The SMILES string of the molecule is O=C(Nc1ccccc1)Nc1ccc(CCNc2ncnc3oc(-c4ccccc4)c(-c4ccc(CO)o4)c23)cc1. The van der Waals surface area contributed by atoms with Gasteiger partial charge in [0, 0.05) is 23.5 Å². The van der Waals surface area contributed by atoms with E-state index in [-0.39, 0.29) is 12.6 Å². The first-order valence-corrected chi connectivity index (χ1v) is 13.2. The summed E-state index contributed by atoms with van der Waals surface area (Å²) >= 11 is 0. The Balaban J connectivity index is 1.18. The molecule has 0 radical (unpaired) electrons. The van der Waals surface area contributed by atoms with Crippen molar-refractivity contribution in [2.24, 2.45) is 0 Å². The molecular weight excluding hydrogens is 518 g/mol. The van der Waals surface area contributed by atoms with Gasteiger partial charge in [-0.25, -0.2) is 14.8 Å². The van der Waals surface area contributed by atoms with E-state index in [2.05, 4.69) is 25.9 Å². The van der Waals surface area contributed by atoms with Crippen molar-refractivity contribution in [3.05, 3.63) is 115 Å². The number of furan rings is 2. The molecule has 9 nitrogen and oxygen atoms in total. The van der Waals surface area contributed by atoms with E-state index in [4.69, 9.17) is 8.83 Å². The van der Waals surface area contributed by atoms with Gasteiger partial charge in [0.15, 0.2) is 0 Å². The van der Waals surface area contributed by atoms with Crippen LogP contribution >= 0.6 is 0 Å². The van der Waals surface area contributed by atoms with Gasteiger partial charge < -0.3 is 29.9 Å². The summed E-state index contributed by atoms with van der Waals surface area (Å²) in [5.41, 5.74) is 4.54. The molecule has 0 fully saturated rings. The lowest BCUT2D eigenvalue weighted by molar-refractivity contribution is 0.248. The number of rotatable bonds is 9. The molecule has 41 heavy (non-hydrogen) atoms. The summed E-state index contributed by atoms with van der Waals surface area (Å²) in [5.74, 6) is 2.25. The number of hydrogen-bond acceptors (Lipinski definition) is 7. The summed E-state index contributed by atoms with van der Waals surface area (Å²) in [5, 5.41) is 19.3. The molecule has 3 aromatic carbocycles. The number of nitrogens with one attached hydrogen (secondary N) is 3. The number of carbonyl (C=O) groups is 1. The minimum absolute atomic E-state index is 0.204. The Kier molecular flexibility index (Phi) is 7.42. The van der Waals surface area contributed by atoms with Crippen LogP contribution in [0.1, 0.15) is 11.3 Å². The zero-order valence-electron chi connectivity index (χ0n) is 22.0. The first kappa shape index (κ1) is 25.8. The van der Waals surface area contributed by atoms with Crippen molar-refractivity contribution in [2.75, 3.05) is 22.5 Å². The van der Waals surface area contributed by atoms with Gasteiger partial charge >= 0.3 is 6.03 Å². The van der Waals surface area contributed by atoms with E-state index in [1.807, 2.05) is 91.0 Å². The van der Waals surface area contributed by atoms with Gasteiger partial charge in [-0.05, 0) is 48.4 Å². The second-order valence-electron chi connectivity index (χ2n) is 9.32. The Morgan fingerprint density at radius 1 is 0.780 bits per heavy atom. The Hall–Kier alpha value is -5.41. The molecule has 2 amide bonds. The summed E-state index contributed by atoms with van der Waals surface area (Å²) in [4.78, 5) is 21.2. The molecule has 0 aliphatic carbocycles. The average Bonchev–Trinajstić information content (AvgIpc) is 3.64. The van der Waals surface area contributed by atoms with Gasteiger partial charge in [0.2, 0.25) is 5.71 Å². The van der Waals surface area contributed by atoms with Gasteiger partial charge in [0.25, 0.3) is 0 Å². The van der Waals surface area contributed by atoms with Crippen LogP contribution in [0.3, 0.4) is 0 Å². The maximum absolute atomic E-state index is 12.3. The van der Waals surface area contributed by atoms with E-state index in [0.717, 1.165) is 28.8 Å². The first-order chi connectivity index (χ1) is 20.2. The van der Waals surface area contributed by atoms with Crippen LogP contribution in [0, 0.1) is 0 Å². The molecule has 4 N–H and O–H groups in total. The molecule has 0 unspecified atom stereocenters. The number of hydrogen-bond donors (Lipinski definition) is 4. The van der Waals surface area contributed by atoms with Gasteiger partial charge in [-0.15, -0.1) is 0 Å². The fourth-order valence-electron chi connectivity index (χ4n) is 4.59. The van der Waals surface area contributed by atoms with E-state index in [0.29, 0.717) is 46.4 Å². The molecule has 9 heteroatoms. The van der Waals surface area contributed by atoms with Crippen molar-refractivity contribution >= 4 is 34.3 Å². The van der Waals surface area contributed by atoms with Gasteiger partial charge in [0.1, 0.15) is 36.0 Å². The van der Waals surface area contributed by atoms with Crippen molar-refractivity contribution in [2.45, 2.75) is 13.0 Å². The van der Waals surface area contributed by atoms with Crippen LogP contribution in [-0.2, 0) is 13.0 Å². The predicted octanol–water partition coefficient (Wildman–Crippen LogP) is 6.94. The molecule has 204 valence electrons. The molecule has 0 aliphatic heterocycles. The van der Waals surface area contributed by atoms with Crippen molar-refractivity contribution in [3.63, 3.8) is 0 Å². The second kappa shape index (κ2) is 11.8. The largest absolute Gasteiger partial charge is 0.458 e. The summed E-state index contributed by atoms with van der Waals surface area (Å²) in [6.07, 6.45) is 2.19. The fourth-order valence-corrected chi connectivity index (χ4v) is 4.59. The van der Waals surface area contributed by atoms with Gasteiger partial charge in [0.05, 0.1) is 10.9 Å². The highest BCUT2D eigenvalue weighted by Crippen LogP contribution is 2.43. The topological polar surface area (TPSA) is 125 Å². The number of amides is 2. The number of benzene rings is 3. The minimum atomic E-state index is -0.299. The molecule has 6 rings (SSSR count). The molecule has 0 saturated heterocycles. The Morgan fingerprint density at radius 3 is 2.20 bits per heavy atom. The number of para-hydroxylation sites is 1. The number of aliphatic hydroxyl groups excluding tert-OH is 1. The van der Waals surface area contributed by atoms with Gasteiger partial charge in [-0.3, -0.25) is 0 Å². The Bertz CT molecular complexity index is 1760.